The van der Waals surface area contributed by atoms with Crippen LogP contribution in [0, 0.1) is 10.1 Å². The predicted molar refractivity (Wildman–Crippen MR) is 65.1 cm³/mol. The first kappa shape index (κ1) is 10.4. The van der Waals surface area contributed by atoms with Crippen molar-refractivity contribution in [3.63, 3.8) is 0 Å². The normalized spacial score (nSPS) is 10.7. The first-order valence-electron chi connectivity index (χ1n) is 5.30. The number of hydrogen-bond acceptors (Lipinski definition) is 4. The van der Waals surface area contributed by atoms with Crippen LogP contribution >= 0.6 is 0 Å². The summed E-state index contributed by atoms with van der Waals surface area (Å²) in [5.74, 6) is 0. The predicted octanol–water partition coefficient (Wildman–Crippen LogP) is 2.30. The van der Waals surface area contributed by atoms with Crippen molar-refractivity contribution in [3.8, 4) is 11.3 Å². The molecule has 0 unspecified atom stereocenters. The number of nitro groups is 1. The average Bonchev–Trinajstić information content (AvgIpc) is 2.83. The van der Waals surface area contributed by atoms with E-state index in [1.165, 1.54) is 10.7 Å². The van der Waals surface area contributed by atoms with Crippen LogP contribution in [0.1, 0.15) is 0 Å². The van der Waals surface area contributed by atoms with Gasteiger partial charge in [-0.1, -0.05) is 30.3 Å². The van der Waals surface area contributed by atoms with Gasteiger partial charge in [-0.3, -0.25) is 10.1 Å². The van der Waals surface area contributed by atoms with E-state index in [-0.39, 0.29) is 11.3 Å². The highest BCUT2D eigenvalue weighted by Crippen LogP contribution is 2.23. The maximum Gasteiger partial charge on any atom is 0.333 e. The van der Waals surface area contributed by atoms with Crippen LogP contribution in [0.5, 0.6) is 0 Å². The first-order valence-corrected chi connectivity index (χ1v) is 5.30. The Morgan fingerprint density at radius 2 is 1.94 bits per heavy atom. The Hall–Kier alpha value is -2.76. The summed E-state index contributed by atoms with van der Waals surface area (Å²) < 4.78 is 1.48. The SMILES string of the molecule is O=[N+]([O-])c1cnn2c(-c3ccccc3)ccnc12. The molecule has 0 N–H and O–H groups in total. The number of hydrogen-bond donors (Lipinski definition) is 0. The standard InChI is InChI=1S/C12H8N4O2/c17-16(18)11-8-14-15-10(6-7-13-12(11)15)9-4-2-1-3-5-9/h1-8H. The largest absolute Gasteiger partial charge is 0.333 e. The fraction of sp³-hybridized carbons (Fsp3) is 0. The Kier molecular flexibility index (Phi) is 2.26. The Bertz CT molecular complexity index is 721. The van der Waals surface area contributed by atoms with Crippen LogP contribution in [0.2, 0.25) is 0 Å². The zero-order valence-electron chi connectivity index (χ0n) is 9.22. The third-order valence-electron chi connectivity index (χ3n) is 2.65. The van der Waals surface area contributed by atoms with Crippen LogP contribution in [0.15, 0.2) is 48.8 Å². The molecule has 2 heterocycles. The minimum absolute atomic E-state index is 0.0900. The zero-order valence-corrected chi connectivity index (χ0v) is 9.22. The second kappa shape index (κ2) is 3.92. The fourth-order valence-corrected chi connectivity index (χ4v) is 1.84. The monoisotopic (exact) mass is 240 g/mol. The molecule has 0 spiro atoms. The molecule has 0 aliphatic rings. The molecule has 0 aliphatic carbocycles. The van der Waals surface area contributed by atoms with Gasteiger partial charge in [0.05, 0.1) is 10.6 Å². The maximum atomic E-state index is 10.8. The summed E-state index contributed by atoms with van der Waals surface area (Å²) >= 11 is 0. The van der Waals surface area contributed by atoms with E-state index in [1.807, 2.05) is 30.3 Å². The Labute approximate surface area is 102 Å². The summed E-state index contributed by atoms with van der Waals surface area (Å²) in [5, 5.41) is 14.9. The molecule has 0 saturated heterocycles. The molecule has 0 fully saturated rings. The number of benzene rings is 1. The van der Waals surface area contributed by atoms with Crippen LogP contribution in [0.3, 0.4) is 0 Å². The number of aromatic nitrogens is 3. The molecule has 0 bridgehead atoms. The average molecular weight is 240 g/mol. The van der Waals surface area contributed by atoms with Crippen LogP contribution in [0.25, 0.3) is 16.9 Å². The lowest BCUT2D eigenvalue weighted by molar-refractivity contribution is -0.383. The second-order valence-electron chi connectivity index (χ2n) is 3.72. The van der Waals surface area contributed by atoms with Gasteiger partial charge < -0.3 is 0 Å². The number of rotatable bonds is 2. The molecule has 3 rings (SSSR count). The molecular formula is C12H8N4O2. The Morgan fingerprint density at radius 3 is 2.67 bits per heavy atom. The van der Waals surface area contributed by atoms with Crippen molar-refractivity contribution >= 4 is 11.3 Å². The van der Waals surface area contributed by atoms with E-state index in [0.717, 1.165) is 11.3 Å². The van der Waals surface area contributed by atoms with Crippen molar-refractivity contribution in [1.29, 1.82) is 0 Å². The molecule has 6 heteroatoms. The van der Waals surface area contributed by atoms with Crippen molar-refractivity contribution in [3.05, 3.63) is 58.9 Å². The molecule has 0 amide bonds. The lowest BCUT2D eigenvalue weighted by Gasteiger charge is -2.03. The third-order valence-corrected chi connectivity index (χ3v) is 2.65. The zero-order chi connectivity index (χ0) is 12.5. The summed E-state index contributed by atoms with van der Waals surface area (Å²) in [6, 6.07) is 11.3. The highest BCUT2D eigenvalue weighted by Gasteiger charge is 2.17. The van der Waals surface area contributed by atoms with Gasteiger partial charge in [-0.05, 0) is 6.07 Å². The topological polar surface area (TPSA) is 73.3 Å². The quantitative estimate of drug-likeness (QED) is 0.509. The summed E-state index contributed by atoms with van der Waals surface area (Å²) in [6.45, 7) is 0. The molecule has 3 aromatic rings. The van der Waals surface area contributed by atoms with Gasteiger partial charge in [0.25, 0.3) is 0 Å². The summed E-state index contributed by atoms with van der Waals surface area (Å²) in [6.07, 6.45) is 2.76. The molecule has 88 valence electrons. The van der Waals surface area contributed by atoms with Gasteiger partial charge in [0, 0.05) is 11.8 Å². The lowest BCUT2D eigenvalue weighted by Crippen LogP contribution is -1.96. The molecule has 1 aromatic carbocycles. The van der Waals surface area contributed by atoms with Crippen molar-refractivity contribution < 1.29 is 4.92 Å². The van der Waals surface area contributed by atoms with Crippen LogP contribution in [0.4, 0.5) is 5.69 Å². The lowest BCUT2D eigenvalue weighted by atomic mass is 10.1. The second-order valence-corrected chi connectivity index (χ2v) is 3.72. The van der Waals surface area contributed by atoms with Gasteiger partial charge in [0.1, 0.15) is 6.20 Å². The third kappa shape index (κ3) is 1.51. The van der Waals surface area contributed by atoms with Crippen molar-refractivity contribution in [1.82, 2.24) is 14.6 Å². The molecule has 0 atom stereocenters. The first-order chi connectivity index (χ1) is 8.77. The molecular weight excluding hydrogens is 232 g/mol. The van der Waals surface area contributed by atoms with Crippen LogP contribution in [-0.4, -0.2) is 19.5 Å². The van der Waals surface area contributed by atoms with Gasteiger partial charge in [0.15, 0.2) is 0 Å². The molecule has 6 nitrogen and oxygen atoms in total. The maximum absolute atomic E-state index is 10.8. The highest BCUT2D eigenvalue weighted by molar-refractivity contribution is 5.67. The van der Waals surface area contributed by atoms with E-state index in [1.54, 1.807) is 12.3 Å². The van der Waals surface area contributed by atoms with Gasteiger partial charge in [0.2, 0.25) is 5.65 Å². The molecule has 0 radical (unpaired) electrons. The number of nitrogens with zero attached hydrogens (tertiary/aromatic N) is 4. The van der Waals surface area contributed by atoms with Gasteiger partial charge >= 0.3 is 5.69 Å². The van der Waals surface area contributed by atoms with E-state index < -0.39 is 4.92 Å². The fourth-order valence-electron chi connectivity index (χ4n) is 1.84. The minimum Gasteiger partial charge on any atom is -0.258 e. The molecule has 2 aromatic heterocycles. The molecule has 18 heavy (non-hydrogen) atoms. The van der Waals surface area contributed by atoms with Gasteiger partial charge in [-0.15, -0.1) is 0 Å². The van der Waals surface area contributed by atoms with E-state index >= 15 is 0 Å². The smallest absolute Gasteiger partial charge is 0.258 e. The van der Waals surface area contributed by atoms with Gasteiger partial charge in [-0.25, -0.2) is 9.50 Å². The summed E-state index contributed by atoms with van der Waals surface area (Å²) in [7, 11) is 0. The van der Waals surface area contributed by atoms with E-state index in [2.05, 4.69) is 10.1 Å². The highest BCUT2D eigenvalue weighted by atomic mass is 16.6. The van der Waals surface area contributed by atoms with Crippen LogP contribution < -0.4 is 0 Å². The van der Waals surface area contributed by atoms with E-state index in [9.17, 15) is 10.1 Å². The van der Waals surface area contributed by atoms with Crippen molar-refractivity contribution in [2.75, 3.05) is 0 Å². The van der Waals surface area contributed by atoms with Gasteiger partial charge in [-0.2, -0.15) is 5.10 Å². The van der Waals surface area contributed by atoms with E-state index in [0.29, 0.717) is 0 Å². The molecule has 0 saturated carbocycles. The van der Waals surface area contributed by atoms with Crippen molar-refractivity contribution in [2.24, 2.45) is 0 Å². The minimum atomic E-state index is -0.482. The van der Waals surface area contributed by atoms with Crippen LogP contribution in [-0.2, 0) is 0 Å². The summed E-state index contributed by atoms with van der Waals surface area (Å²) in [4.78, 5) is 14.4. The molecule has 0 aliphatic heterocycles. The Morgan fingerprint density at radius 1 is 1.17 bits per heavy atom. The summed E-state index contributed by atoms with van der Waals surface area (Å²) in [5.41, 5.74) is 1.87. The van der Waals surface area contributed by atoms with Crippen molar-refractivity contribution in [2.45, 2.75) is 0 Å². The Balaban J connectivity index is 2.29. The van der Waals surface area contributed by atoms with E-state index in [4.69, 9.17) is 0 Å². The number of fused-ring (bicyclic) bond motifs is 1.